The average Bonchev–Trinajstić information content (AvgIpc) is 2.60. The van der Waals surface area contributed by atoms with Crippen LogP contribution in [0.4, 0.5) is 5.82 Å². The van der Waals surface area contributed by atoms with Gasteiger partial charge in [0.1, 0.15) is 17.1 Å². The fraction of sp³-hybridized carbons (Fsp3) is 0.0588. The number of pyridine rings is 1. The maximum atomic E-state index is 9.36. The summed E-state index contributed by atoms with van der Waals surface area (Å²) >= 11 is 5.15. The van der Waals surface area contributed by atoms with Gasteiger partial charge in [-0.25, -0.2) is 15.0 Å². The van der Waals surface area contributed by atoms with Crippen molar-refractivity contribution in [3.05, 3.63) is 55.3 Å². The standard InChI is InChI=1S/C17H15N5OS/c1-2-9-18-17(24)22-15-8-7-13-16(21-15)19-10-14(20-13)11-3-5-12(23)6-4-11/h2-8,10,23H,1,9H2,(H2,18,19,21,22,24). The molecule has 0 radical (unpaired) electrons. The zero-order valence-electron chi connectivity index (χ0n) is 12.7. The number of phenolic OH excluding ortho intramolecular Hbond substituents is 1. The molecule has 2 aromatic heterocycles. The van der Waals surface area contributed by atoms with Crippen molar-refractivity contribution in [3.63, 3.8) is 0 Å². The van der Waals surface area contributed by atoms with Crippen LogP contribution in [0.15, 0.2) is 55.3 Å². The van der Waals surface area contributed by atoms with E-state index >= 15 is 0 Å². The van der Waals surface area contributed by atoms with E-state index in [-0.39, 0.29) is 5.75 Å². The molecule has 0 bridgehead atoms. The van der Waals surface area contributed by atoms with Crippen LogP contribution >= 0.6 is 12.2 Å². The van der Waals surface area contributed by atoms with Crippen LogP contribution < -0.4 is 10.6 Å². The fourth-order valence-electron chi connectivity index (χ4n) is 2.07. The van der Waals surface area contributed by atoms with Crippen molar-refractivity contribution >= 4 is 34.3 Å². The SMILES string of the molecule is C=CCNC(=S)Nc1ccc2nc(-c3ccc(O)cc3)cnc2n1. The number of hydrogen-bond acceptors (Lipinski definition) is 5. The minimum atomic E-state index is 0.214. The van der Waals surface area contributed by atoms with E-state index in [4.69, 9.17) is 12.2 Å². The van der Waals surface area contributed by atoms with E-state index < -0.39 is 0 Å². The lowest BCUT2D eigenvalue weighted by Gasteiger charge is -2.08. The van der Waals surface area contributed by atoms with Crippen LogP contribution in [0.5, 0.6) is 5.75 Å². The Balaban J connectivity index is 1.84. The summed E-state index contributed by atoms with van der Waals surface area (Å²) < 4.78 is 0. The third-order valence-electron chi connectivity index (χ3n) is 3.22. The molecule has 0 atom stereocenters. The molecule has 0 aliphatic rings. The summed E-state index contributed by atoms with van der Waals surface area (Å²) in [5.74, 6) is 0.807. The highest BCUT2D eigenvalue weighted by Crippen LogP contribution is 2.21. The Morgan fingerprint density at radius 2 is 1.96 bits per heavy atom. The van der Waals surface area contributed by atoms with Crippen LogP contribution in [0.2, 0.25) is 0 Å². The lowest BCUT2D eigenvalue weighted by Crippen LogP contribution is -2.28. The van der Waals surface area contributed by atoms with E-state index in [0.29, 0.717) is 34.3 Å². The van der Waals surface area contributed by atoms with Crippen molar-refractivity contribution < 1.29 is 5.11 Å². The Morgan fingerprint density at radius 3 is 2.71 bits per heavy atom. The van der Waals surface area contributed by atoms with Crippen molar-refractivity contribution in [2.24, 2.45) is 0 Å². The summed E-state index contributed by atoms with van der Waals surface area (Å²) in [5.41, 5.74) is 2.79. The predicted octanol–water partition coefficient (Wildman–Crippen LogP) is 2.87. The molecule has 0 spiro atoms. The van der Waals surface area contributed by atoms with E-state index in [1.807, 2.05) is 6.07 Å². The molecule has 24 heavy (non-hydrogen) atoms. The molecular weight excluding hydrogens is 322 g/mol. The number of thiocarbonyl (C=S) groups is 1. The average molecular weight is 337 g/mol. The molecule has 3 rings (SSSR count). The Morgan fingerprint density at radius 1 is 1.17 bits per heavy atom. The van der Waals surface area contributed by atoms with Gasteiger partial charge < -0.3 is 15.7 Å². The first kappa shape index (κ1) is 15.8. The molecule has 0 aliphatic heterocycles. The Labute approximate surface area is 144 Å². The number of nitrogens with zero attached hydrogens (tertiary/aromatic N) is 3. The molecule has 6 nitrogen and oxygen atoms in total. The monoisotopic (exact) mass is 337 g/mol. The summed E-state index contributed by atoms with van der Waals surface area (Å²) in [6.07, 6.45) is 3.37. The highest BCUT2D eigenvalue weighted by molar-refractivity contribution is 7.80. The zero-order valence-corrected chi connectivity index (χ0v) is 13.5. The number of nitrogens with one attached hydrogen (secondary N) is 2. The minimum absolute atomic E-state index is 0.214. The number of fused-ring (bicyclic) bond motifs is 1. The van der Waals surface area contributed by atoms with Crippen molar-refractivity contribution in [1.82, 2.24) is 20.3 Å². The third kappa shape index (κ3) is 3.64. The van der Waals surface area contributed by atoms with Crippen LogP contribution in [0.3, 0.4) is 0 Å². The smallest absolute Gasteiger partial charge is 0.180 e. The Bertz CT molecular complexity index is 895. The van der Waals surface area contributed by atoms with Gasteiger partial charge in [-0.3, -0.25) is 0 Å². The number of anilines is 1. The highest BCUT2D eigenvalue weighted by atomic mass is 32.1. The maximum absolute atomic E-state index is 9.36. The van der Waals surface area contributed by atoms with Crippen LogP contribution in [0.25, 0.3) is 22.4 Å². The van der Waals surface area contributed by atoms with Gasteiger partial charge in [0.25, 0.3) is 0 Å². The van der Waals surface area contributed by atoms with Crippen molar-refractivity contribution in [2.45, 2.75) is 0 Å². The second-order valence-electron chi connectivity index (χ2n) is 4.97. The molecule has 1 aromatic carbocycles. The number of aromatic hydroxyl groups is 1. The second-order valence-corrected chi connectivity index (χ2v) is 5.37. The van der Waals surface area contributed by atoms with Crippen LogP contribution in [-0.2, 0) is 0 Å². The minimum Gasteiger partial charge on any atom is -0.508 e. The zero-order chi connectivity index (χ0) is 16.9. The molecule has 0 saturated heterocycles. The van der Waals surface area contributed by atoms with Gasteiger partial charge in [0.2, 0.25) is 0 Å². The maximum Gasteiger partial charge on any atom is 0.180 e. The first-order chi connectivity index (χ1) is 11.7. The quantitative estimate of drug-likeness (QED) is 0.499. The largest absolute Gasteiger partial charge is 0.508 e. The van der Waals surface area contributed by atoms with Crippen molar-refractivity contribution in [3.8, 4) is 17.0 Å². The van der Waals surface area contributed by atoms with Gasteiger partial charge in [0.05, 0.1) is 11.9 Å². The molecule has 3 N–H and O–H groups in total. The van der Waals surface area contributed by atoms with Gasteiger partial charge in [-0.05, 0) is 48.6 Å². The summed E-state index contributed by atoms with van der Waals surface area (Å²) in [4.78, 5) is 13.3. The van der Waals surface area contributed by atoms with E-state index in [1.54, 1.807) is 42.6 Å². The summed E-state index contributed by atoms with van der Waals surface area (Å²) in [6, 6.07) is 10.4. The topological polar surface area (TPSA) is 83.0 Å². The summed E-state index contributed by atoms with van der Waals surface area (Å²) in [6.45, 7) is 4.20. The van der Waals surface area contributed by atoms with Gasteiger partial charge in [-0.15, -0.1) is 6.58 Å². The molecule has 2 heterocycles. The lowest BCUT2D eigenvalue weighted by atomic mass is 10.1. The number of benzene rings is 1. The van der Waals surface area contributed by atoms with Crippen LogP contribution in [0.1, 0.15) is 0 Å². The number of phenols is 1. The van der Waals surface area contributed by atoms with E-state index in [0.717, 1.165) is 5.56 Å². The van der Waals surface area contributed by atoms with Crippen LogP contribution in [0, 0.1) is 0 Å². The molecule has 3 aromatic rings. The Hall–Kier alpha value is -3.06. The number of aromatic nitrogens is 3. The van der Waals surface area contributed by atoms with Crippen LogP contribution in [-0.4, -0.2) is 31.7 Å². The van der Waals surface area contributed by atoms with E-state index in [1.165, 1.54) is 0 Å². The van der Waals surface area contributed by atoms with Crippen molar-refractivity contribution in [1.29, 1.82) is 0 Å². The van der Waals surface area contributed by atoms with Gasteiger partial charge >= 0.3 is 0 Å². The second kappa shape index (κ2) is 7.01. The lowest BCUT2D eigenvalue weighted by molar-refractivity contribution is 0.475. The molecule has 0 amide bonds. The number of rotatable bonds is 4. The predicted molar refractivity (Wildman–Crippen MR) is 98.9 cm³/mol. The first-order valence-electron chi connectivity index (χ1n) is 7.24. The van der Waals surface area contributed by atoms with Gasteiger partial charge in [-0.2, -0.15) is 0 Å². The van der Waals surface area contributed by atoms with E-state index in [9.17, 15) is 5.11 Å². The molecular formula is C17H15N5OS. The summed E-state index contributed by atoms with van der Waals surface area (Å²) in [5, 5.41) is 15.8. The molecule has 0 unspecified atom stereocenters. The first-order valence-corrected chi connectivity index (χ1v) is 7.65. The van der Waals surface area contributed by atoms with Gasteiger partial charge in [0.15, 0.2) is 10.8 Å². The fourth-order valence-corrected chi connectivity index (χ4v) is 2.26. The number of hydrogen-bond donors (Lipinski definition) is 3. The summed E-state index contributed by atoms with van der Waals surface area (Å²) in [7, 11) is 0. The van der Waals surface area contributed by atoms with E-state index in [2.05, 4.69) is 32.2 Å². The molecule has 120 valence electrons. The molecule has 0 saturated carbocycles. The highest BCUT2D eigenvalue weighted by Gasteiger charge is 2.06. The normalized spacial score (nSPS) is 10.3. The van der Waals surface area contributed by atoms with Gasteiger partial charge in [-0.1, -0.05) is 6.08 Å². The molecule has 0 fully saturated rings. The van der Waals surface area contributed by atoms with Crippen molar-refractivity contribution in [2.75, 3.05) is 11.9 Å². The Kier molecular flexibility index (Phi) is 4.62. The van der Waals surface area contributed by atoms with Gasteiger partial charge in [0, 0.05) is 12.1 Å². The molecule has 0 aliphatic carbocycles. The molecule has 7 heteroatoms. The third-order valence-corrected chi connectivity index (χ3v) is 3.46.